The first-order chi connectivity index (χ1) is 11.6. The smallest absolute Gasteiger partial charge is 0.146 e. The molecule has 2 aromatic heterocycles. The Morgan fingerprint density at radius 2 is 1.68 bits per heavy atom. The number of nitrogen functional groups attached to an aromatic ring is 1. The largest absolute Gasteiger partial charge is 0.383 e. The molecule has 0 bridgehead atoms. The van der Waals surface area contributed by atoms with Gasteiger partial charge in [-0.25, -0.2) is 9.97 Å². The molecule has 2 N–H and O–H groups in total. The maximum atomic E-state index is 6.05. The van der Waals surface area contributed by atoms with E-state index in [-0.39, 0.29) is 12.4 Å². The second-order valence-corrected chi connectivity index (χ2v) is 8.31. The van der Waals surface area contributed by atoms with Crippen LogP contribution in [0.5, 0.6) is 0 Å². The van der Waals surface area contributed by atoms with Crippen LogP contribution >= 0.6 is 35.0 Å². The van der Waals surface area contributed by atoms with Gasteiger partial charge in [-0.2, -0.15) is 0 Å². The minimum atomic E-state index is 0. The lowest BCUT2D eigenvalue weighted by atomic mass is 9.89. The summed E-state index contributed by atoms with van der Waals surface area (Å²) in [6.07, 6.45) is 8.80. The van der Waals surface area contributed by atoms with Crippen molar-refractivity contribution in [1.29, 1.82) is 0 Å². The molecule has 0 spiro atoms. The molecule has 0 radical (unpaired) electrons. The molecule has 25 heavy (non-hydrogen) atoms. The van der Waals surface area contributed by atoms with Gasteiger partial charge >= 0.3 is 0 Å². The van der Waals surface area contributed by atoms with Crippen LogP contribution in [0, 0.1) is 3.57 Å². The molecule has 0 amide bonds. The second-order valence-electron chi connectivity index (χ2n) is 7.14. The average molecular weight is 477 g/mol. The zero-order valence-electron chi connectivity index (χ0n) is 14.6. The van der Waals surface area contributed by atoms with Crippen molar-refractivity contribution in [3.63, 3.8) is 0 Å². The molecule has 2 fully saturated rings. The van der Waals surface area contributed by atoms with E-state index in [9.17, 15) is 0 Å². The van der Waals surface area contributed by atoms with Gasteiger partial charge in [0.1, 0.15) is 17.8 Å². The van der Waals surface area contributed by atoms with E-state index in [0.717, 1.165) is 20.6 Å². The highest BCUT2D eigenvalue weighted by atomic mass is 127. The molecule has 6 nitrogen and oxygen atoms in total. The number of rotatable bonds is 2. The Morgan fingerprint density at radius 3 is 2.36 bits per heavy atom. The van der Waals surface area contributed by atoms with Crippen molar-refractivity contribution in [2.75, 3.05) is 39.0 Å². The van der Waals surface area contributed by atoms with E-state index < -0.39 is 0 Å². The number of anilines is 1. The lowest BCUT2D eigenvalue weighted by Gasteiger charge is -2.41. The highest BCUT2D eigenvalue weighted by molar-refractivity contribution is 14.1. The van der Waals surface area contributed by atoms with E-state index in [1.54, 1.807) is 6.33 Å². The molecule has 1 aliphatic carbocycles. The van der Waals surface area contributed by atoms with Gasteiger partial charge in [-0.05, 0) is 55.3 Å². The van der Waals surface area contributed by atoms with E-state index in [4.69, 9.17) is 5.73 Å². The molecule has 1 saturated heterocycles. The summed E-state index contributed by atoms with van der Waals surface area (Å²) >= 11 is 2.35. The molecule has 0 atom stereocenters. The van der Waals surface area contributed by atoms with Crippen molar-refractivity contribution >= 4 is 51.8 Å². The van der Waals surface area contributed by atoms with Crippen molar-refractivity contribution in [3.8, 4) is 0 Å². The molecule has 138 valence electrons. The molecule has 0 aromatic carbocycles. The zero-order chi connectivity index (χ0) is 16.7. The van der Waals surface area contributed by atoms with Crippen LogP contribution in [0.1, 0.15) is 31.7 Å². The number of hydrogen-bond acceptors (Lipinski definition) is 5. The summed E-state index contributed by atoms with van der Waals surface area (Å²) in [5.74, 6) is 0.592. The molecule has 8 heteroatoms. The van der Waals surface area contributed by atoms with Crippen LogP contribution in [-0.2, 0) is 0 Å². The minimum Gasteiger partial charge on any atom is -0.383 e. The van der Waals surface area contributed by atoms with Gasteiger partial charge in [-0.1, -0.05) is 0 Å². The van der Waals surface area contributed by atoms with Gasteiger partial charge in [0, 0.05) is 48.0 Å². The quantitative estimate of drug-likeness (QED) is 0.676. The summed E-state index contributed by atoms with van der Waals surface area (Å²) in [5, 5.41) is 1.01. The number of halogens is 2. The Kier molecular flexibility index (Phi) is 6.07. The molecular formula is C17H26ClIN6. The fraction of sp³-hybridized carbons (Fsp3) is 0.647. The maximum absolute atomic E-state index is 6.05. The monoisotopic (exact) mass is 476 g/mol. The Bertz CT molecular complexity index is 719. The number of nitrogens with two attached hydrogens (primary N) is 1. The molecule has 1 aliphatic heterocycles. The summed E-state index contributed by atoms with van der Waals surface area (Å²) < 4.78 is 3.50. The van der Waals surface area contributed by atoms with Crippen LogP contribution < -0.4 is 5.73 Å². The third kappa shape index (κ3) is 3.74. The zero-order valence-corrected chi connectivity index (χ0v) is 17.5. The van der Waals surface area contributed by atoms with Crippen LogP contribution in [0.15, 0.2) is 12.5 Å². The normalized spacial score (nSPS) is 25.8. The van der Waals surface area contributed by atoms with Crippen LogP contribution in [0.4, 0.5) is 5.82 Å². The number of aromatic nitrogens is 3. The maximum Gasteiger partial charge on any atom is 0.146 e. The number of fused-ring (bicyclic) bond motifs is 1. The van der Waals surface area contributed by atoms with Crippen molar-refractivity contribution in [2.24, 2.45) is 0 Å². The van der Waals surface area contributed by atoms with Crippen LogP contribution in [0.25, 0.3) is 11.0 Å². The van der Waals surface area contributed by atoms with Crippen LogP contribution in [0.2, 0.25) is 0 Å². The highest BCUT2D eigenvalue weighted by Gasteiger charge is 2.29. The Labute approximate surface area is 168 Å². The van der Waals surface area contributed by atoms with Gasteiger partial charge in [0.15, 0.2) is 0 Å². The van der Waals surface area contributed by atoms with Gasteiger partial charge in [0.25, 0.3) is 0 Å². The van der Waals surface area contributed by atoms with E-state index in [2.05, 4.69) is 60.2 Å². The number of hydrogen-bond donors (Lipinski definition) is 1. The molecule has 3 heterocycles. The first kappa shape index (κ1) is 19.1. The predicted octanol–water partition coefficient (Wildman–Crippen LogP) is 2.77. The summed E-state index contributed by atoms with van der Waals surface area (Å²) in [4.78, 5) is 13.8. The van der Waals surface area contributed by atoms with Crippen molar-refractivity contribution < 1.29 is 0 Å². The standard InChI is InChI=1S/C17H25IN6.ClH/c1-22-6-8-23(9-7-22)12-2-4-13(5-3-12)24-10-14(18)15-16(19)20-11-21-17(15)24;/h10-13H,2-9H2,1H3,(H2,19,20,21);1H/t12-,13-;. The van der Waals surface area contributed by atoms with E-state index >= 15 is 0 Å². The minimum absolute atomic E-state index is 0. The fourth-order valence-electron chi connectivity index (χ4n) is 4.23. The van der Waals surface area contributed by atoms with Gasteiger partial charge in [-0.3, -0.25) is 4.90 Å². The Morgan fingerprint density at radius 1 is 1.04 bits per heavy atom. The first-order valence-electron chi connectivity index (χ1n) is 8.82. The third-order valence-electron chi connectivity index (χ3n) is 5.71. The molecule has 2 aliphatic rings. The number of piperazine rings is 1. The summed E-state index contributed by atoms with van der Waals surface area (Å²) in [7, 11) is 2.22. The first-order valence-corrected chi connectivity index (χ1v) is 9.90. The highest BCUT2D eigenvalue weighted by Crippen LogP contribution is 2.35. The Balaban J connectivity index is 0.00000182. The summed E-state index contributed by atoms with van der Waals surface area (Å²) in [5.41, 5.74) is 7.05. The summed E-state index contributed by atoms with van der Waals surface area (Å²) in [6, 6.07) is 1.30. The average Bonchev–Trinajstić information content (AvgIpc) is 2.94. The van der Waals surface area contributed by atoms with Gasteiger partial charge in [0.05, 0.1) is 5.39 Å². The van der Waals surface area contributed by atoms with Crippen molar-refractivity contribution in [2.45, 2.75) is 37.8 Å². The second kappa shape index (κ2) is 7.94. The van der Waals surface area contributed by atoms with E-state index in [0.29, 0.717) is 11.9 Å². The van der Waals surface area contributed by atoms with E-state index in [1.807, 2.05) is 0 Å². The molecule has 0 unspecified atom stereocenters. The van der Waals surface area contributed by atoms with Gasteiger partial charge in [0.2, 0.25) is 0 Å². The van der Waals surface area contributed by atoms with Crippen molar-refractivity contribution in [3.05, 3.63) is 16.1 Å². The SMILES string of the molecule is CN1CCN([C@H]2CC[C@H](n3cc(I)c4c(N)ncnc43)CC2)CC1.Cl. The number of likely N-dealkylation sites (N-methyl/N-ethyl adjacent to an activating group) is 1. The fourth-order valence-corrected chi connectivity index (χ4v) is 5.05. The summed E-state index contributed by atoms with van der Waals surface area (Å²) in [6.45, 7) is 4.85. The number of nitrogens with zero attached hydrogens (tertiary/aromatic N) is 5. The van der Waals surface area contributed by atoms with Crippen LogP contribution in [0.3, 0.4) is 0 Å². The van der Waals surface area contributed by atoms with Crippen molar-refractivity contribution in [1.82, 2.24) is 24.3 Å². The molecule has 4 rings (SSSR count). The van der Waals surface area contributed by atoms with Crippen LogP contribution in [-0.4, -0.2) is 63.6 Å². The molecule has 1 saturated carbocycles. The molecule has 2 aromatic rings. The third-order valence-corrected chi connectivity index (χ3v) is 6.52. The molecular weight excluding hydrogens is 451 g/mol. The Hall–Kier alpha value is -0.640. The van der Waals surface area contributed by atoms with Gasteiger partial charge < -0.3 is 15.2 Å². The topological polar surface area (TPSA) is 63.2 Å². The lowest BCUT2D eigenvalue weighted by Crippen LogP contribution is -2.49. The lowest BCUT2D eigenvalue weighted by molar-refractivity contribution is 0.0827. The van der Waals surface area contributed by atoms with E-state index in [1.165, 1.54) is 51.9 Å². The predicted molar refractivity (Wildman–Crippen MR) is 112 cm³/mol. The van der Waals surface area contributed by atoms with Gasteiger partial charge in [-0.15, -0.1) is 12.4 Å².